The molecule has 0 bridgehead atoms. The molecule has 0 aliphatic carbocycles. The lowest BCUT2D eigenvalue weighted by Gasteiger charge is -2.22. The van der Waals surface area contributed by atoms with E-state index in [1.165, 1.54) is 0 Å². The molecule has 0 saturated carbocycles. The van der Waals surface area contributed by atoms with Crippen LogP contribution in [0.1, 0.15) is 45.1 Å². The van der Waals surface area contributed by atoms with Crippen molar-refractivity contribution >= 4 is 11.8 Å². The third-order valence-electron chi connectivity index (χ3n) is 4.68. The molecule has 26 heavy (non-hydrogen) atoms. The van der Waals surface area contributed by atoms with Crippen molar-refractivity contribution in [3.63, 3.8) is 0 Å². The van der Waals surface area contributed by atoms with E-state index in [1.54, 1.807) is 6.20 Å². The number of amides is 2. The fourth-order valence-corrected chi connectivity index (χ4v) is 3.17. The Hall–Kier alpha value is -1.95. The number of hydrogen-bond acceptors (Lipinski definition) is 4. The molecule has 144 valence electrons. The lowest BCUT2D eigenvalue weighted by atomic mass is 9.97. The van der Waals surface area contributed by atoms with Crippen LogP contribution in [0, 0.1) is 11.8 Å². The smallest absolute Gasteiger partial charge is 0.223 e. The van der Waals surface area contributed by atoms with E-state index in [4.69, 9.17) is 0 Å². The molecule has 2 heterocycles. The zero-order valence-electron chi connectivity index (χ0n) is 16.0. The highest BCUT2D eigenvalue weighted by molar-refractivity contribution is 5.79. The molecule has 0 radical (unpaired) electrons. The number of nitrogens with zero attached hydrogens (tertiary/aromatic N) is 2. The first-order valence-electron chi connectivity index (χ1n) is 9.70. The van der Waals surface area contributed by atoms with Gasteiger partial charge in [0, 0.05) is 50.9 Å². The van der Waals surface area contributed by atoms with Gasteiger partial charge < -0.3 is 10.6 Å². The van der Waals surface area contributed by atoms with Gasteiger partial charge in [0.05, 0.1) is 0 Å². The van der Waals surface area contributed by atoms with Crippen molar-refractivity contribution in [2.45, 2.75) is 46.1 Å². The quantitative estimate of drug-likeness (QED) is 0.842. The van der Waals surface area contributed by atoms with Crippen LogP contribution in [-0.2, 0) is 16.1 Å². The lowest BCUT2D eigenvalue weighted by Crippen LogP contribution is -2.35. The highest BCUT2D eigenvalue weighted by atomic mass is 16.2. The molecule has 1 aromatic rings. The molecule has 1 aliphatic heterocycles. The molecule has 0 spiro atoms. The van der Waals surface area contributed by atoms with Crippen LogP contribution in [0.25, 0.3) is 0 Å². The predicted molar refractivity (Wildman–Crippen MR) is 102 cm³/mol. The van der Waals surface area contributed by atoms with E-state index in [-0.39, 0.29) is 17.7 Å². The van der Waals surface area contributed by atoms with Gasteiger partial charge in [0.25, 0.3) is 0 Å². The molecule has 1 aliphatic rings. The zero-order valence-corrected chi connectivity index (χ0v) is 16.0. The summed E-state index contributed by atoms with van der Waals surface area (Å²) in [6.45, 7) is 7.85. The Labute approximate surface area is 156 Å². The van der Waals surface area contributed by atoms with Crippen LogP contribution in [0.2, 0.25) is 0 Å². The first-order valence-corrected chi connectivity index (χ1v) is 9.70. The summed E-state index contributed by atoms with van der Waals surface area (Å²) in [7, 11) is 0. The molecule has 2 N–H and O–H groups in total. The van der Waals surface area contributed by atoms with Gasteiger partial charge in [0.1, 0.15) is 0 Å². The summed E-state index contributed by atoms with van der Waals surface area (Å²) in [6.07, 6.45) is 6.64. The zero-order chi connectivity index (χ0) is 18.8. The number of hydrogen-bond donors (Lipinski definition) is 2. The summed E-state index contributed by atoms with van der Waals surface area (Å²) < 4.78 is 0. The van der Waals surface area contributed by atoms with Gasteiger partial charge in [-0.05, 0) is 43.4 Å². The minimum absolute atomic E-state index is 0.0348. The monoisotopic (exact) mass is 360 g/mol. The van der Waals surface area contributed by atoms with Crippen LogP contribution in [0.15, 0.2) is 24.5 Å². The Morgan fingerprint density at radius 3 is 2.96 bits per heavy atom. The fourth-order valence-electron chi connectivity index (χ4n) is 3.17. The van der Waals surface area contributed by atoms with Crippen molar-refractivity contribution in [3.05, 3.63) is 30.1 Å². The first-order chi connectivity index (χ1) is 12.5. The van der Waals surface area contributed by atoms with Gasteiger partial charge in [-0.2, -0.15) is 0 Å². The van der Waals surface area contributed by atoms with Crippen LogP contribution in [0.5, 0.6) is 0 Å². The standard InChI is InChI=1S/C20H32N4O2/c1-16(2)13-23-20(26)18-6-4-11-24(12-8-19(25)22-10-7-18)15-17-5-3-9-21-14-17/h3,5,9,14,16,18H,4,6-8,10-13,15H2,1-2H3,(H,22,25)(H,23,26). The number of aromatic nitrogens is 1. The Kier molecular flexibility index (Phi) is 8.54. The van der Waals surface area contributed by atoms with Gasteiger partial charge in [-0.15, -0.1) is 0 Å². The van der Waals surface area contributed by atoms with E-state index in [0.29, 0.717) is 31.8 Å². The van der Waals surface area contributed by atoms with Crippen molar-refractivity contribution in [3.8, 4) is 0 Å². The molecule has 1 aromatic heterocycles. The van der Waals surface area contributed by atoms with Crippen LogP contribution < -0.4 is 10.6 Å². The van der Waals surface area contributed by atoms with Crippen molar-refractivity contribution in [2.75, 3.05) is 26.2 Å². The molecule has 1 unspecified atom stereocenters. The first kappa shape index (κ1) is 20.4. The van der Waals surface area contributed by atoms with Crippen LogP contribution in [0.4, 0.5) is 0 Å². The van der Waals surface area contributed by atoms with Crippen LogP contribution in [-0.4, -0.2) is 47.9 Å². The molecule has 6 heteroatoms. The van der Waals surface area contributed by atoms with Crippen molar-refractivity contribution < 1.29 is 9.59 Å². The van der Waals surface area contributed by atoms with Gasteiger partial charge in [0.15, 0.2) is 0 Å². The van der Waals surface area contributed by atoms with Crippen molar-refractivity contribution in [1.29, 1.82) is 0 Å². The van der Waals surface area contributed by atoms with E-state index in [2.05, 4.69) is 40.4 Å². The van der Waals surface area contributed by atoms with E-state index >= 15 is 0 Å². The molecule has 0 aromatic carbocycles. The van der Waals surface area contributed by atoms with Crippen molar-refractivity contribution in [2.24, 2.45) is 11.8 Å². The number of carbonyl (C=O) groups excluding carboxylic acids is 2. The maximum Gasteiger partial charge on any atom is 0.223 e. The Morgan fingerprint density at radius 1 is 1.38 bits per heavy atom. The largest absolute Gasteiger partial charge is 0.356 e. The number of nitrogens with one attached hydrogen (secondary N) is 2. The van der Waals surface area contributed by atoms with Gasteiger partial charge in [-0.3, -0.25) is 19.5 Å². The summed E-state index contributed by atoms with van der Waals surface area (Å²) in [4.78, 5) is 31.0. The fraction of sp³-hybridized carbons (Fsp3) is 0.650. The highest BCUT2D eigenvalue weighted by Gasteiger charge is 2.20. The van der Waals surface area contributed by atoms with Gasteiger partial charge in [-0.1, -0.05) is 19.9 Å². The topological polar surface area (TPSA) is 74.3 Å². The Bertz CT molecular complexity index is 562. The number of rotatable bonds is 5. The number of carbonyl (C=O) groups is 2. The van der Waals surface area contributed by atoms with Gasteiger partial charge in [-0.25, -0.2) is 0 Å². The second-order valence-electron chi connectivity index (χ2n) is 7.50. The third-order valence-corrected chi connectivity index (χ3v) is 4.68. The normalized spacial score (nSPS) is 20.3. The summed E-state index contributed by atoms with van der Waals surface area (Å²) >= 11 is 0. The maximum absolute atomic E-state index is 12.5. The summed E-state index contributed by atoms with van der Waals surface area (Å²) in [6, 6.07) is 3.99. The summed E-state index contributed by atoms with van der Waals surface area (Å²) in [5.74, 6) is 0.583. The molecule has 2 rings (SSSR count). The molecule has 1 atom stereocenters. The summed E-state index contributed by atoms with van der Waals surface area (Å²) in [5, 5.41) is 6.00. The minimum Gasteiger partial charge on any atom is -0.356 e. The molecular formula is C20H32N4O2. The van der Waals surface area contributed by atoms with Gasteiger partial charge >= 0.3 is 0 Å². The molecule has 1 fully saturated rings. The average molecular weight is 361 g/mol. The SMILES string of the molecule is CC(C)CNC(=O)C1CCCN(Cc2cccnc2)CCC(=O)NCC1. The summed E-state index contributed by atoms with van der Waals surface area (Å²) in [5.41, 5.74) is 1.15. The second kappa shape index (κ2) is 10.9. The van der Waals surface area contributed by atoms with E-state index in [1.807, 2.05) is 12.3 Å². The second-order valence-corrected chi connectivity index (χ2v) is 7.50. The Morgan fingerprint density at radius 2 is 2.23 bits per heavy atom. The molecule has 2 amide bonds. The van der Waals surface area contributed by atoms with Crippen LogP contribution >= 0.6 is 0 Å². The average Bonchev–Trinajstić information content (AvgIpc) is 2.66. The third kappa shape index (κ3) is 7.52. The minimum atomic E-state index is -0.0348. The van der Waals surface area contributed by atoms with E-state index in [0.717, 1.165) is 38.0 Å². The Balaban J connectivity index is 1.94. The number of pyridine rings is 1. The lowest BCUT2D eigenvalue weighted by molar-refractivity contribution is -0.126. The van der Waals surface area contributed by atoms with E-state index in [9.17, 15) is 9.59 Å². The van der Waals surface area contributed by atoms with Crippen molar-refractivity contribution in [1.82, 2.24) is 20.5 Å². The molecule has 6 nitrogen and oxygen atoms in total. The highest BCUT2D eigenvalue weighted by Crippen LogP contribution is 2.14. The predicted octanol–water partition coefficient (Wildman–Crippen LogP) is 1.96. The van der Waals surface area contributed by atoms with Gasteiger partial charge in [0.2, 0.25) is 11.8 Å². The molecule has 1 saturated heterocycles. The molecular weight excluding hydrogens is 328 g/mol. The van der Waals surface area contributed by atoms with Crippen LogP contribution in [0.3, 0.4) is 0 Å². The maximum atomic E-state index is 12.5. The van der Waals surface area contributed by atoms with E-state index < -0.39 is 0 Å².